The van der Waals surface area contributed by atoms with Crippen molar-refractivity contribution in [1.29, 1.82) is 0 Å². The van der Waals surface area contributed by atoms with Gasteiger partial charge < -0.3 is 21.3 Å². The number of hydrogen-bond donors (Lipinski definition) is 4. The third-order valence-electron chi connectivity index (χ3n) is 5.53. The van der Waals surface area contributed by atoms with Gasteiger partial charge in [0.15, 0.2) is 0 Å². The van der Waals surface area contributed by atoms with Crippen molar-refractivity contribution in [2.24, 2.45) is 11.3 Å². The molecule has 1 unspecified atom stereocenters. The number of anilines is 3. The molecule has 1 atom stereocenters. The SMILES string of the molecule is O=C(Nc1ccccc1)Nc1cccc(NC(=O)C2CC23CCNCC3)c1. The highest BCUT2D eigenvalue weighted by atomic mass is 16.2. The summed E-state index contributed by atoms with van der Waals surface area (Å²) in [6, 6.07) is 16.2. The summed E-state index contributed by atoms with van der Waals surface area (Å²) in [5.74, 6) is 0.195. The third kappa shape index (κ3) is 4.11. The summed E-state index contributed by atoms with van der Waals surface area (Å²) in [7, 11) is 0. The van der Waals surface area contributed by atoms with Crippen molar-refractivity contribution in [3.63, 3.8) is 0 Å². The third-order valence-corrected chi connectivity index (χ3v) is 5.53. The van der Waals surface area contributed by atoms with Crippen LogP contribution in [0.5, 0.6) is 0 Å². The van der Waals surface area contributed by atoms with E-state index in [1.807, 2.05) is 42.5 Å². The molecule has 0 aromatic heterocycles. The van der Waals surface area contributed by atoms with Gasteiger partial charge in [0, 0.05) is 23.0 Å². The monoisotopic (exact) mass is 364 g/mol. The Morgan fingerprint density at radius 2 is 1.48 bits per heavy atom. The number of benzene rings is 2. The second kappa shape index (κ2) is 7.40. The minimum atomic E-state index is -0.319. The van der Waals surface area contributed by atoms with Crippen LogP contribution in [-0.4, -0.2) is 25.0 Å². The highest BCUT2D eigenvalue weighted by Gasteiger charge is 2.57. The lowest BCUT2D eigenvalue weighted by molar-refractivity contribution is -0.118. The highest BCUT2D eigenvalue weighted by Crippen LogP contribution is 2.58. The predicted molar refractivity (Wildman–Crippen MR) is 107 cm³/mol. The molecular formula is C21H24N4O2. The van der Waals surface area contributed by atoms with Crippen LogP contribution in [0, 0.1) is 11.3 Å². The van der Waals surface area contributed by atoms with Gasteiger partial charge in [-0.1, -0.05) is 24.3 Å². The summed E-state index contributed by atoms with van der Waals surface area (Å²) in [6.07, 6.45) is 3.14. The number of piperidine rings is 1. The van der Waals surface area contributed by atoms with Gasteiger partial charge in [0.2, 0.25) is 5.91 Å². The van der Waals surface area contributed by atoms with E-state index in [9.17, 15) is 9.59 Å². The smallest absolute Gasteiger partial charge is 0.323 e. The second-order valence-electron chi connectivity index (χ2n) is 7.38. The fourth-order valence-electron chi connectivity index (χ4n) is 3.91. The van der Waals surface area contributed by atoms with Crippen molar-refractivity contribution in [2.75, 3.05) is 29.0 Å². The van der Waals surface area contributed by atoms with Gasteiger partial charge in [0.1, 0.15) is 0 Å². The number of nitrogens with one attached hydrogen (secondary N) is 4. The number of amides is 3. The average molecular weight is 364 g/mol. The molecule has 0 radical (unpaired) electrons. The summed E-state index contributed by atoms with van der Waals surface area (Å²) in [6.45, 7) is 2.00. The molecule has 4 rings (SSSR count). The average Bonchev–Trinajstić information content (AvgIpc) is 3.36. The Morgan fingerprint density at radius 3 is 2.22 bits per heavy atom. The van der Waals surface area contributed by atoms with Crippen molar-refractivity contribution in [1.82, 2.24) is 5.32 Å². The van der Waals surface area contributed by atoms with Gasteiger partial charge in [-0.3, -0.25) is 4.79 Å². The molecule has 3 amide bonds. The molecule has 0 bridgehead atoms. The van der Waals surface area contributed by atoms with Gasteiger partial charge in [-0.2, -0.15) is 0 Å². The highest BCUT2D eigenvalue weighted by molar-refractivity contribution is 6.00. The summed E-state index contributed by atoms with van der Waals surface area (Å²) in [5.41, 5.74) is 2.27. The van der Waals surface area contributed by atoms with E-state index in [-0.39, 0.29) is 23.3 Å². The lowest BCUT2D eigenvalue weighted by Gasteiger charge is -2.23. The van der Waals surface area contributed by atoms with E-state index in [0.29, 0.717) is 11.4 Å². The molecule has 1 aliphatic heterocycles. The van der Waals surface area contributed by atoms with Crippen LogP contribution in [-0.2, 0) is 4.79 Å². The largest absolute Gasteiger partial charge is 0.326 e. The number of carbonyl (C=O) groups excluding carboxylic acids is 2. The molecule has 1 spiro atoms. The van der Waals surface area contributed by atoms with Crippen molar-refractivity contribution in [2.45, 2.75) is 19.3 Å². The first-order chi connectivity index (χ1) is 13.1. The molecule has 1 heterocycles. The zero-order valence-corrected chi connectivity index (χ0v) is 15.1. The van der Waals surface area contributed by atoms with Crippen LogP contribution < -0.4 is 21.3 Å². The first kappa shape index (κ1) is 17.5. The number of hydrogen-bond acceptors (Lipinski definition) is 3. The standard InChI is InChI=1S/C21H24N4O2/c26-19(18-14-21(18)9-11-22-12-10-21)23-16-7-4-8-17(13-16)25-20(27)24-15-5-2-1-3-6-15/h1-8,13,18,22H,9-12,14H2,(H,23,26)(H2,24,25,27). The Kier molecular flexibility index (Phi) is 4.81. The molecule has 140 valence electrons. The van der Waals surface area contributed by atoms with E-state index in [4.69, 9.17) is 0 Å². The van der Waals surface area contributed by atoms with Crippen molar-refractivity contribution >= 4 is 29.0 Å². The van der Waals surface area contributed by atoms with E-state index in [1.54, 1.807) is 12.1 Å². The summed E-state index contributed by atoms with van der Waals surface area (Å²) in [5, 5.41) is 11.9. The molecule has 1 saturated carbocycles. The Bertz CT molecular complexity index is 831. The maximum absolute atomic E-state index is 12.6. The Labute approximate surface area is 158 Å². The molecule has 2 aliphatic rings. The van der Waals surface area contributed by atoms with Gasteiger partial charge in [0.05, 0.1) is 0 Å². The van der Waals surface area contributed by atoms with Crippen molar-refractivity contribution in [3.05, 3.63) is 54.6 Å². The molecule has 27 heavy (non-hydrogen) atoms. The van der Waals surface area contributed by atoms with E-state index < -0.39 is 0 Å². The number of para-hydroxylation sites is 1. The van der Waals surface area contributed by atoms with Gasteiger partial charge >= 0.3 is 6.03 Å². The van der Waals surface area contributed by atoms with Gasteiger partial charge in [-0.05, 0) is 68.1 Å². The maximum Gasteiger partial charge on any atom is 0.323 e. The fourth-order valence-corrected chi connectivity index (χ4v) is 3.91. The van der Waals surface area contributed by atoms with Gasteiger partial charge in [-0.15, -0.1) is 0 Å². The van der Waals surface area contributed by atoms with Crippen LogP contribution in [0.3, 0.4) is 0 Å². The molecular weight excluding hydrogens is 340 g/mol. The van der Waals surface area contributed by atoms with E-state index in [1.165, 1.54) is 0 Å². The molecule has 2 aromatic carbocycles. The lowest BCUT2D eigenvalue weighted by atomic mass is 9.92. The second-order valence-corrected chi connectivity index (χ2v) is 7.38. The normalized spacial score (nSPS) is 19.9. The molecule has 2 aromatic rings. The summed E-state index contributed by atoms with van der Waals surface area (Å²) in [4.78, 5) is 24.7. The van der Waals surface area contributed by atoms with Crippen molar-refractivity contribution in [3.8, 4) is 0 Å². The van der Waals surface area contributed by atoms with Gasteiger partial charge in [-0.25, -0.2) is 4.79 Å². The molecule has 6 heteroatoms. The molecule has 1 saturated heterocycles. The lowest BCUT2D eigenvalue weighted by Crippen LogP contribution is -2.31. The predicted octanol–water partition coefficient (Wildman–Crippen LogP) is 3.66. The fraction of sp³-hybridized carbons (Fsp3) is 0.333. The topological polar surface area (TPSA) is 82.3 Å². The first-order valence-electron chi connectivity index (χ1n) is 9.39. The van der Waals surface area contributed by atoms with Crippen LogP contribution in [0.4, 0.5) is 21.9 Å². The Balaban J connectivity index is 1.34. The number of rotatable bonds is 4. The maximum atomic E-state index is 12.6. The Hall–Kier alpha value is -2.86. The zero-order valence-electron chi connectivity index (χ0n) is 15.1. The van der Waals surface area contributed by atoms with Crippen LogP contribution in [0.25, 0.3) is 0 Å². The van der Waals surface area contributed by atoms with Crippen molar-refractivity contribution < 1.29 is 9.59 Å². The molecule has 4 N–H and O–H groups in total. The van der Waals surface area contributed by atoms with Crippen LogP contribution in [0.15, 0.2) is 54.6 Å². The minimum absolute atomic E-state index is 0.0859. The van der Waals surface area contributed by atoms with E-state index in [2.05, 4.69) is 21.3 Å². The number of carbonyl (C=O) groups is 2. The first-order valence-corrected chi connectivity index (χ1v) is 9.39. The molecule has 2 fully saturated rings. The van der Waals surface area contributed by atoms with Crippen LogP contribution in [0.1, 0.15) is 19.3 Å². The van der Waals surface area contributed by atoms with Gasteiger partial charge in [0.25, 0.3) is 0 Å². The quantitative estimate of drug-likeness (QED) is 0.668. The Morgan fingerprint density at radius 1 is 0.852 bits per heavy atom. The summed E-state index contributed by atoms with van der Waals surface area (Å²) < 4.78 is 0. The zero-order chi connectivity index (χ0) is 18.7. The molecule has 1 aliphatic carbocycles. The molecule has 6 nitrogen and oxygen atoms in total. The summed E-state index contributed by atoms with van der Waals surface area (Å²) >= 11 is 0. The van der Waals surface area contributed by atoms with Crippen LogP contribution >= 0.6 is 0 Å². The van der Waals surface area contributed by atoms with E-state index in [0.717, 1.165) is 38.0 Å². The minimum Gasteiger partial charge on any atom is -0.326 e. The van der Waals surface area contributed by atoms with E-state index >= 15 is 0 Å². The van der Waals surface area contributed by atoms with Crippen LogP contribution in [0.2, 0.25) is 0 Å². The number of urea groups is 1.